The van der Waals surface area contributed by atoms with Gasteiger partial charge in [0.2, 0.25) is 0 Å². The zero-order chi connectivity index (χ0) is 15.1. The molecule has 0 aromatic heterocycles. The van der Waals surface area contributed by atoms with Crippen LogP contribution in [-0.2, 0) is 32.7 Å². The number of allylic oxidation sites excluding steroid dienone is 2. The van der Waals surface area contributed by atoms with E-state index in [1.54, 1.807) is 0 Å². The standard InChI is InChI=1S/C22H16.Y/c1-3-15(2)16-8-9-19-13-21-11-17-6-4-5-7-18(17)12-22(21)14-20(19)10-16;/h4-9,11-14H,1-2H3;/q-2;. The topological polar surface area (TPSA) is 0 Å². The van der Waals surface area contributed by atoms with Crippen LogP contribution in [0.3, 0.4) is 0 Å². The van der Waals surface area contributed by atoms with E-state index in [9.17, 15) is 0 Å². The SMILES string of the molecule is C[C-]=C(C)c1[c-]c2cc3cc4ccccc4cc3cc2cc1.[Y]. The first-order valence-electron chi connectivity index (χ1n) is 7.55. The molecule has 1 heteroatoms. The van der Waals surface area contributed by atoms with Gasteiger partial charge in [-0.1, -0.05) is 47.2 Å². The molecule has 0 aliphatic carbocycles. The molecule has 109 valence electrons. The van der Waals surface area contributed by atoms with Crippen LogP contribution >= 0.6 is 0 Å². The molecule has 1 radical (unpaired) electrons. The summed E-state index contributed by atoms with van der Waals surface area (Å²) in [7, 11) is 0. The number of hydrogen-bond donors (Lipinski definition) is 0. The van der Waals surface area contributed by atoms with E-state index in [1.165, 1.54) is 26.9 Å². The van der Waals surface area contributed by atoms with Crippen LogP contribution in [0.1, 0.15) is 19.4 Å². The predicted molar refractivity (Wildman–Crippen MR) is 95.8 cm³/mol. The average molecular weight is 369 g/mol. The zero-order valence-electron chi connectivity index (χ0n) is 13.4. The maximum atomic E-state index is 3.52. The van der Waals surface area contributed by atoms with E-state index in [-0.39, 0.29) is 32.7 Å². The van der Waals surface area contributed by atoms with E-state index in [1.807, 2.05) is 6.92 Å². The monoisotopic (exact) mass is 369 g/mol. The Balaban J connectivity index is 0.00000156. The number of rotatable bonds is 1. The summed E-state index contributed by atoms with van der Waals surface area (Å²) in [5.41, 5.74) is 2.26. The largest absolute Gasteiger partial charge is 0.316 e. The second kappa shape index (κ2) is 6.55. The summed E-state index contributed by atoms with van der Waals surface area (Å²) < 4.78 is 0. The fraction of sp³-hybridized carbons (Fsp3) is 0.0909. The van der Waals surface area contributed by atoms with Crippen LogP contribution in [0.15, 0.2) is 60.7 Å². The van der Waals surface area contributed by atoms with Crippen LogP contribution < -0.4 is 0 Å². The third-order valence-corrected chi connectivity index (χ3v) is 4.35. The molecular formula is C22H16Y-2. The molecule has 0 heterocycles. The normalized spacial score (nSPS) is 11.8. The number of fused-ring (bicyclic) bond motifs is 3. The summed E-state index contributed by atoms with van der Waals surface area (Å²) >= 11 is 0. The number of hydrogen-bond acceptors (Lipinski definition) is 0. The van der Waals surface area contributed by atoms with Crippen molar-refractivity contribution in [3.63, 3.8) is 0 Å². The molecule has 0 spiro atoms. The molecule has 4 rings (SSSR count). The maximum Gasteiger partial charge on any atom is 0 e. The van der Waals surface area contributed by atoms with Gasteiger partial charge in [-0.05, 0) is 22.2 Å². The van der Waals surface area contributed by atoms with E-state index >= 15 is 0 Å². The van der Waals surface area contributed by atoms with Crippen molar-refractivity contribution >= 4 is 37.9 Å². The van der Waals surface area contributed by atoms with Gasteiger partial charge >= 0.3 is 0 Å². The predicted octanol–water partition coefficient (Wildman–Crippen LogP) is 6.17. The van der Waals surface area contributed by atoms with Gasteiger partial charge in [0.1, 0.15) is 0 Å². The summed E-state index contributed by atoms with van der Waals surface area (Å²) in [5.74, 6) is 0. The molecule has 0 saturated carbocycles. The minimum Gasteiger partial charge on any atom is -0.316 e. The molecule has 0 atom stereocenters. The second-order valence-corrected chi connectivity index (χ2v) is 5.73. The van der Waals surface area contributed by atoms with Crippen molar-refractivity contribution in [2.24, 2.45) is 0 Å². The Labute approximate surface area is 162 Å². The van der Waals surface area contributed by atoms with Crippen LogP contribution in [0, 0.1) is 12.1 Å². The molecule has 4 aromatic rings. The molecule has 0 fully saturated rings. The first-order chi connectivity index (χ1) is 10.7. The maximum absolute atomic E-state index is 3.52. The summed E-state index contributed by atoms with van der Waals surface area (Å²) in [5, 5.41) is 7.51. The molecule has 0 unspecified atom stereocenters. The first-order valence-corrected chi connectivity index (χ1v) is 7.55. The summed E-state index contributed by atoms with van der Waals surface area (Å²) in [6.07, 6.45) is 3.19. The van der Waals surface area contributed by atoms with Crippen LogP contribution in [0.25, 0.3) is 37.9 Å². The zero-order valence-corrected chi connectivity index (χ0v) is 16.2. The van der Waals surface area contributed by atoms with Crippen molar-refractivity contribution in [2.75, 3.05) is 0 Å². The Morgan fingerprint density at radius 3 is 2.04 bits per heavy atom. The van der Waals surface area contributed by atoms with Gasteiger partial charge in [-0.2, -0.15) is 0 Å². The fourth-order valence-corrected chi connectivity index (χ4v) is 2.97. The summed E-state index contributed by atoms with van der Waals surface area (Å²) in [6.45, 7) is 4.02. The number of benzene rings is 4. The van der Waals surface area contributed by atoms with Gasteiger partial charge in [0.05, 0.1) is 0 Å². The van der Waals surface area contributed by atoms with Crippen molar-refractivity contribution in [1.82, 2.24) is 0 Å². The molecule has 0 aliphatic rings. The Hall–Kier alpha value is -1.50. The van der Waals surface area contributed by atoms with Gasteiger partial charge in [-0.25, -0.2) is 12.1 Å². The molecule has 0 bridgehead atoms. The molecule has 0 aliphatic heterocycles. The smallest absolute Gasteiger partial charge is 0 e. The Bertz CT molecular complexity index is 1040. The second-order valence-electron chi connectivity index (χ2n) is 5.73. The average Bonchev–Trinajstić information content (AvgIpc) is 2.56. The molecule has 0 N–H and O–H groups in total. The summed E-state index contributed by atoms with van der Waals surface area (Å²) in [4.78, 5) is 0. The van der Waals surface area contributed by atoms with E-state index in [4.69, 9.17) is 0 Å². The first kappa shape index (κ1) is 16.4. The van der Waals surface area contributed by atoms with Crippen molar-refractivity contribution in [1.29, 1.82) is 0 Å². The molecule has 0 amide bonds. The molecular weight excluding hydrogens is 353 g/mol. The van der Waals surface area contributed by atoms with Gasteiger partial charge in [-0.3, -0.25) is 11.1 Å². The van der Waals surface area contributed by atoms with E-state index in [0.29, 0.717) is 0 Å². The molecule has 0 nitrogen and oxygen atoms in total. The van der Waals surface area contributed by atoms with Gasteiger partial charge in [0.25, 0.3) is 0 Å². The van der Waals surface area contributed by atoms with Crippen LogP contribution in [-0.4, -0.2) is 0 Å². The van der Waals surface area contributed by atoms with Gasteiger partial charge in [0.15, 0.2) is 0 Å². The van der Waals surface area contributed by atoms with Gasteiger partial charge < -0.3 is 6.08 Å². The van der Waals surface area contributed by atoms with Crippen molar-refractivity contribution in [3.05, 3.63) is 78.4 Å². The molecule has 4 aromatic carbocycles. The fourth-order valence-electron chi connectivity index (χ4n) is 2.97. The Morgan fingerprint density at radius 1 is 0.783 bits per heavy atom. The Kier molecular flexibility index (Phi) is 4.66. The van der Waals surface area contributed by atoms with E-state index < -0.39 is 0 Å². The minimum absolute atomic E-state index is 0. The molecule has 0 saturated heterocycles. The Morgan fingerprint density at radius 2 is 1.39 bits per heavy atom. The van der Waals surface area contributed by atoms with E-state index in [0.717, 1.165) is 16.5 Å². The van der Waals surface area contributed by atoms with Crippen LogP contribution in [0.4, 0.5) is 0 Å². The van der Waals surface area contributed by atoms with Gasteiger partial charge in [-0.15, -0.1) is 31.4 Å². The summed E-state index contributed by atoms with van der Waals surface area (Å²) in [6, 6.07) is 25.4. The van der Waals surface area contributed by atoms with E-state index in [2.05, 4.69) is 79.7 Å². The third kappa shape index (κ3) is 2.98. The van der Waals surface area contributed by atoms with Crippen molar-refractivity contribution in [3.8, 4) is 0 Å². The quantitative estimate of drug-likeness (QED) is 0.278. The third-order valence-electron chi connectivity index (χ3n) is 4.35. The van der Waals surface area contributed by atoms with Crippen LogP contribution in [0.2, 0.25) is 0 Å². The van der Waals surface area contributed by atoms with Crippen molar-refractivity contribution in [2.45, 2.75) is 13.8 Å². The van der Waals surface area contributed by atoms with Gasteiger partial charge in [0, 0.05) is 32.7 Å². The molecule has 23 heavy (non-hydrogen) atoms. The van der Waals surface area contributed by atoms with Crippen molar-refractivity contribution < 1.29 is 32.7 Å². The van der Waals surface area contributed by atoms with Crippen LogP contribution in [0.5, 0.6) is 0 Å². The minimum atomic E-state index is 0.